The molecule has 28 heavy (non-hydrogen) atoms. The first-order valence-corrected chi connectivity index (χ1v) is 11.7. The van der Waals surface area contributed by atoms with Crippen molar-refractivity contribution in [2.24, 2.45) is 0 Å². The Kier molecular flexibility index (Phi) is 4.80. The van der Waals surface area contributed by atoms with E-state index in [2.05, 4.69) is 38.9 Å². The number of aromatic nitrogens is 2. The molecule has 0 N–H and O–H groups in total. The summed E-state index contributed by atoms with van der Waals surface area (Å²) in [4.78, 5) is 26.9. The minimum absolute atomic E-state index is 0.0244. The summed E-state index contributed by atoms with van der Waals surface area (Å²) in [5.74, 6) is 0.133. The van der Waals surface area contributed by atoms with Gasteiger partial charge in [0.05, 0.1) is 23.9 Å². The molecule has 1 aliphatic heterocycles. The van der Waals surface area contributed by atoms with Gasteiger partial charge in [0.15, 0.2) is 0 Å². The number of hydrogen-bond donors (Lipinski definition) is 0. The Bertz CT molecular complexity index is 1090. The molecule has 1 amide bonds. The van der Waals surface area contributed by atoms with Gasteiger partial charge in [0.25, 0.3) is 0 Å². The van der Waals surface area contributed by atoms with E-state index in [9.17, 15) is 4.79 Å². The minimum atomic E-state index is 0.0244. The third-order valence-corrected chi connectivity index (χ3v) is 7.70. The van der Waals surface area contributed by atoms with Gasteiger partial charge in [0.1, 0.15) is 5.01 Å². The van der Waals surface area contributed by atoms with Crippen molar-refractivity contribution in [3.05, 3.63) is 79.7 Å². The van der Waals surface area contributed by atoms with Gasteiger partial charge in [-0.25, -0.2) is 4.98 Å². The van der Waals surface area contributed by atoms with Gasteiger partial charge in [-0.3, -0.25) is 9.78 Å². The Morgan fingerprint density at radius 3 is 2.89 bits per heavy atom. The van der Waals surface area contributed by atoms with Crippen molar-refractivity contribution in [3.8, 4) is 10.7 Å². The molecule has 0 fully saturated rings. The molecule has 4 nitrogen and oxygen atoms in total. The summed E-state index contributed by atoms with van der Waals surface area (Å²) < 4.78 is 0. The van der Waals surface area contributed by atoms with Crippen LogP contribution in [0.25, 0.3) is 10.7 Å². The van der Waals surface area contributed by atoms with Crippen LogP contribution in [-0.4, -0.2) is 27.3 Å². The second-order valence-corrected chi connectivity index (χ2v) is 9.43. The van der Waals surface area contributed by atoms with Gasteiger partial charge in [0, 0.05) is 27.9 Å². The Labute approximate surface area is 175 Å². The van der Waals surface area contributed by atoms with E-state index < -0.39 is 0 Å². The molecule has 0 saturated carbocycles. The molecule has 1 atom stereocenters. The molecule has 4 aromatic rings. The monoisotopic (exact) mass is 423 g/mol. The molecule has 0 aromatic carbocycles. The van der Waals surface area contributed by atoms with Crippen LogP contribution in [0, 0.1) is 0 Å². The van der Waals surface area contributed by atoms with Crippen molar-refractivity contribution in [1.29, 1.82) is 0 Å². The zero-order valence-electron chi connectivity index (χ0n) is 14.9. The van der Waals surface area contributed by atoms with Crippen LogP contribution in [0.2, 0.25) is 0 Å². The van der Waals surface area contributed by atoms with Crippen LogP contribution in [0.15, 0.2) is 58.7 Å². The molecule has 7 heteroatoms. The van der Waals surface area contributed by atoms with Gasteiger partial charge in [0.2, 0.25) is 5.91 Å². The van der Waals surface area contributed by atoms with E-state index in [4.69, 9.17) is 0 Å². The second kappa shape index (κ2) is 7.58. The fourth-order valence-corrected chi connectivity index (χ4v) is 6.14. The first-order chi connectivity index (χ1) is 13.8. The highest BCUT2D eigenvalue weighted by atomic mass is 32.1. The standard InChI is InChI=1S/C21H17N3OS3/c25-19(12-14-13-28-21(23-14)16-4-1-2-8-22-16)24-9-6-17-15(7-11-27-17)20(24)18-5-3-10-26-18/h1-5,7-8,10-11,13,20H,6,9,12H2. The molecule has 0 spiro atoms. The van der Waals surface area contributed by atoms with Crippen LogP contribution in [-0.2, 0) is 17.6 Å². The highest BCUT2D eigenvalue weighted by Crippen LogP contribution is 2.39. The maximum atomic E-state index is 13.2. The smallest absolute Gasteiger partial charge is 0.229 e. The fourth-order valence-electron chi connectivity index (χ4n) is 3.59. The number of carbonyl (C=O) groups is 1. The van der Waals surface area contributed by atoms with E-state index in [1.54, 1.807) is 28.9 Å². The summed E-state index contributed by atoms with van der Waals surface area (Å²) in [6, 6.07) is 12.2. The lowest BCUT2D eigenvalue weighted by Crippen LogP contribution is -2.40. The molecule has 5 rings (SSSR count). The molecule has 1 aliphatic rings. The topological polar surface area (TPSA) is 46.1 Å². The van der Waals surface area contributed by atoms with E-state index in [1.807, 2.05) is 28.5 Å². The molecule has 5 heterocycles. The maximum Gasteiger partial charge on any atom is 0.229 e. The summed E-state index contributed by atoms with van der Waals surface area (Å²) in [5, 5.41) is 7.05. The average Bonchev–Trinajstić information content (AvgIpc) is 3.49. The van der Waals surface area contributed by atoms with E-state index >= 15 is 0 Å². The third kappa shape index (κ3) is 3.30. The molecule has 0 radical (unpaired) electrons. The molecule has 140 valence electrons. The van der Waals surface area contributed by atoms with Crippen molar-refractivity contribution < 1.29 is 4.79 Å². The quantitative estimate of drug-likeness (QED) is 0.462. The molecular weight excluding hydrogens is 406 g/mol. The minimum Gasteiger partial charge on any atom is -0.330 e. The number of amides is 1. The summed E-state index contributed by atoms with van der Waals surface area (Å²) in [7, 11) is 0. The molecule has 0 saturated heterocycles. The van der Waals surface area contributed by atoms with Crippen LogP contribution in [0.4, 0.5) is 0 Å². The summed E-state index contributed by atoms with van der Waals surface area (Å²) in [6.45, 7) is 0.756. The van der Waals surface area contributed by atoms with Crippen molar-refractivity contribution in [2.45, 2.75) is 18.9 Å². The molecular formula is C21H17N3OS3. The van der Waals surface area contributed by atoms with Gasteiger partial charge < -0.3 is 4.90 Å². The van der Waals surface area contributed by atoms with Crippen LogP contribution >= 0.6 is 34.0 Å². The van der Waals surface area contributed by atoms with Crippen molar-refractivity contribution in [3.63, 3.8) is 0 Å². The van der Waals surface area contributed by atoms with E-state index in [0.717, 1.165) is 29.4 Å². The van der Waals surface area contributed by atoms with E-state index in [-0.39, 0.29) is 11.9 Å². The predicted molar refractivity (Wildman–Crippen MR) is 115 cm³/mol. The summed E-state index contributed by atoms with van der Waals surface area (Å²) in [6.07, 6.45) is 3.01. The summed E-state index contributed by atoms with van der Waals surface area (Å²) >= 11 is 5.05. The molecule has 0 bridgehead atoms. The van der Waals surface area contributed by atoms with Crippen molar-refractivity contribution >= 4 is 39.9 Å². The van der Waals surface area contributed by atoms with Gasteiger partial charge in [-0.05, 0) is 47.0 Å². The van der Waals surface area contributed by atoms with Crippen LogP contribution < -0.4 is 0 Å². The summed E-state index contributed by atoms with van der Waals surface area (Å²) in [5.41, 5.74) is 2.94. The highest BCUT2D eigenvalue weighted by Gasteiger charge is 2.33. The van der Waals surface area contributed by atoms with Gasteiger partial charge in [-0.15, -0.1) is 34.0 Å². The highest BCUT2D eigenvalue weighted by molar-refractivity contribution is 7.13. The zero-order valence-corrected chi connectivity index (χ0v) is 17.4. The third-order valence-electron chi connectivity index (χ3n) is 4.87. The lowest BCUT2D eigenvalue weighted by atomic mass is 9.98. The van der Waals surface area contributed by atoms with Gasteiger partial charge in [-0.2, -0.15) is 0 Å². The first-order valence-electron chi connectivity index (χ1n) is 9.04. The van der Waals surface area contributed by atoms with Crippen molar-refractivity contribution in [2.75, 3.05) is 6.54 Å². The number of fused-ring (bicyclic) bond motifs is 1. The number of pyridine rings is 1. The fraction of sp³-hybridized carbons (Fsp3) is 0.190. The largest absolute Gasteiger partial charge is 0.330 e. The maximum absolute atomic E-state index is 13.2. The number of hydrogen-bond acceptors (Lipinski definition) is 6. The van der Waals surface area contributed by atoms with E-state index in [0.29, 0.717) is 6.42 Å². The Balaban J connectivity index is 1.40. The molecule has 1 unspecified atom stereocenters. The number of rotatable bonds is 4. The van der Waals surface area contributed by atoms with Crippen LogP contribution in [0.5, 0.6) is 0 Å². The van der Waals surface area contributed by atoms with E-state index in [1.165, 1.54) is 26.7 Å². The zero-order chi connectivity index (χ0) is 18.9. The molecule has 0 aliphatic carbocycles. The second-order valence-electron chi connectivity index (χ2n) is 6.59. The Morgan fingerprint density at radius 2 is 2.07 bits per heavy atom. The van der Waals surface area contributed by atoms with Gasteiger partial charge >= 0.3 is 0 Å². The van der Waals surface area contributed by atoms with Crippen LogP contribution in [0.1, 0.15) is 27.1 Å². The molecule has 4 aromatic heterocycles. The lowest BCUT2D eigenvalue weighted by Gasteiger charge is -2.35. The normalized spacial score (nSPS) is 16.1. The predicted octanol–water partition coefficient (Wildman–Crippen LogP) is 5.04. The number of thiophene rings is 2. The van der Waals surface area contributed by atoms with Crippen molar-refractivity contribution in [1.82, 2.24) is 14.9 Å². The van der Waals surface area contributed by atoms with Crippen LogP contribution in [0.3, 0.4) is 0 Å². The SMILES string of the molecule is O=C(Cc1csc(-c2ccccn2)n1)N1CCc2sccc2C1c1cccs1. The Morgan fingerprint density at radius 1 is 1.11 bits per heavy atom. The number of carbonyl (C=O) groups excluding carboxylic acids is 1. The number of thiazole rings is 1. The van der Waals surface area contributed by atoms with Gasteiger partial charge in [-0.1, -0.05) is 12.1 Å². The average molecular weight is 424 g/mol. The number of nitrogens with zero attached hydrogens (tertiary/aromatic N) is 3. The lowest BCUT2D eigenvalue weighted by molar-refractivity contribution is -0.132. The first kappa shape index (κ1) is 17.7. The Hall–Kier alpha value is -2.35.